The number of thiazole rings is 1. The van der Waals surface area contributed by atoms with Gasteiger partial charge in [0.05, 0.1) is 12.9 Å². The van der Waals surface area contributed by atoms with Crippen molar-refractivity contribution in [1.29, 1.82) is 0 Å². The van der Waals surface area contributed by atoms with Crippen molar-refractivity contribution in [3.63, 3.8) is 0 Å². The Labute approximate surface area is 186 Å². The van der Waals surface area contributed by atoms with Crippen LogP contribution < -0.4 is 10.1 Å². The highest BCUT2D eigenvalue weighted by Gasteiger charge is 2.18. The minimum Gasteiger partial charge on any atom is -0.497 e. The van der Waals surface area contributed by atoms with Crippen LogP contribution in [0.5, 0.6) is 5.75 Å². The molecule has 0 amide bonds. The van der Waals surface area contributed by atoms with E-state index in [1.165, 1.54) is 23.1 Å². The standard InChI is InChI=1S/C20H19N5O2S3/c1-12-10-16(13(2)25(12)19-21-8-9-28-19)17(26)11-29-20-24-23-18(30-20)22-14-4-6-15(27-3)7-5-14/h4-10H,11H2,1-3H3,(H,22,23). The lowest BCUT2D eigenvalue weighted by Gasteiger charge is -2.05. The van der Waals surface area contributed by atoms with Crippen molar-refractivity contribution in [2.45, 2.75) is 18.2 Å². The summed E-state index contributed by atoms with van der Waals surface area (Å²) >= 11 is 4.36. The molecule has 0 aliphatic heterocycles. The van der Waals surface area contributed by atoms with E-state index in [1.54, 1.807) is 24.6 Å². The lowest BCUT2D eigenvalue weighted by Crippen LogP contribution is -2.05. The van der Waals surface area contributed by atoms with Gasteiger partial charge in [0.15, 0.2) is 15.3 Å². The molecular formula is C20H19N5O2S3. The summed E-state index contributed by atoms with van der Waals surface area (Å²) in [5, 5.41) is 15.0. The van der Waals surface area contributed by atoms with Crippen LogP contribution in [0.1, 0.15) is 21.7 Å². The molecule has 154 valence electrons. The van der Waals surface area contributed by atoms with Crippen molar-refractivity contribution in [3.05, 3.63) is 58.9 Å². The van der Waals surface area contributed by atoms with Crippen LogP contribution in [-0.4, -0.2) is 38.4 Å². The number of carbonyl (C=O) groups is 1. The number of carbonyl (C=O) groups excluding carboxylic acids is 1. The number of nitrogens with one attached hydrogen (secondary N) is 1. The Morgan fingerprint density at radius 2 is 2.03 bits per heavy atom. The lowest BCUT2D eigenvalue weighted by atomic mass is 10.2. The largest absolute Gasteiger partial charge is 0.497 e. The molecule has 0 atom stereocenters. The van der Waals surface area contributed by atoms with E-state index in [1.807, 2.05) is 54.1 Å². The number of thioether (sulfide) groups is 1. The highest BCUT2D eigenvalue weighted by molar-refractivity contribution is 8.01. The maximum absolute atomic E-state index is 12.8. The molecule has 4 aromatic rings. The number of ether oxygens (including phenoxy) is 1. The van der Waals surface area contributed by atoms with E-state index >= 15 is 0 Å². The Bertz CT molecular complexity index is 1150. The van der Waals surface area contributed by atoms with Gasteiger partial charge in [-0.15, -0.1) is 21.5 Å². The molecule has 30 heavy (non-hydrogen) atoms. The highest BCUT2D eigenvalue weighted by Crippen LogP contribution is 2.30. The Hall–Kier alpha value is -2.69. The van der Waals surface area contributed by atoms with Gasteiger partial charge in [-0.2, -0.15) is 0 Å². The summed E-state index contributed by atoms with van der Waals surface area (Å²) in [6.07, 6.45) is 1.77. The minimum atomic E-state index is 0.0655. The van der Waals surface area contributed by atoms with Crippen molar-refractivity contribution in [2.75, 3.05) is 18.2 Å². The fourth-order valence-corrected chi connectivity index (χ4v) is 5.39. The second-order valence-corrected chi connectivity index (χ2v) is 9.45. The highest BCUT2D eigenvalue weighted by atomic mass is 32.2. The van der Waals surface area contributed by atoms with E-state index in [4.69, 9.17) is 4.74 Å². The molecule has 10 heteroatoms. The van der Waals surface area contributed by atoms with Gasteiger partial charge >= 0.3 is 0 Å². The third-order valence-electron chi connectivity index (χ3n) is 4.42. The number of rotatable bonds is 8. The number of nitrogens with zero attached hydrogens (tertiary/aromatic N) is 4. The molecular weight excluding hydrogens is 438 g/mol. The first-order valence-electron chi connectivity index (χ1n) is 9.04. The molecule has 0 unspecified atom stereocenters. The first kappa shape index (κ1) is 20.6. The second-order valence-electron chi connectivity index (χ2n) is 6.37. The molecule has 3 heterocycles. The van der Waals surface area contributed by atoms with Crippen molar-refractivity contribution >= 4 is 51.0 Å². The summed E-state index contributed by atoms with van der Waals surface area (Å²) in [7, 11) is 1.63. The normalized spacial score (nSPS) is 10.9. The number of aryl methyl sites for hydroxylation is 1. The molecule has 0 saturated carbocycles. The van der Waals surface area contributed by atoms with Crippen LogP contribution in [0.25, 0.3) is 5.13 Å². The maximum atomic E-state index is 12.8. The Morgan fingerprint density at radius 3 is 2.73 bits per heavy atom. The summed E-state index contributed by atoms with van der Waals surface area (Å²) in [6, 6.07) is 9.50. The van der Waals surface area contributed by atoms with Crippen molar-refractivity contribution < 1.29 is 9.53 Å². The number of Topliss-reactive ketones (excluding diaryl/α,β-unsaturated/α-hetero) is 1. The number of hydrogen-bond donors (Lipinski definition) is 1. The summed E-state index contributed by atoms with van der Waals surface area (Å²) in [5.41, 5.74) is 3.52. The fraction of sp³-hybridized carbons (Fsp3) is 0.200. The molecule has 7 nitrogen and oxygen atoms in total. The Balaban J connectivity index is 1.39. The number of methoxy groups -OCH3 is 1. The molecule has 0 aliphatic rings. The first-order valence-corrected chi connectivity index (χ1v) is 11.7. The minimum absolute atomic E-state index is 0.0655. The summed E-state index contributed by atoms with van der Waals surface area (Å²) < 4.78 is 7.92. The molecule has 0 bridgehead atoms. The molecule has 3 aromatic heterocycles. The van der Waals surface area contributed by atoms with E-state index in [0.717, 1.165) is 37.9 Å². The van der Waals surface area contributed by atoms with Gasteiger partial charge in [-0.05, 0) is 44.2 Å². The zero-order valence-corrected chi connectivity index (χ0v) is 19.0. The first-order chi connectivity index (χ1) is 14.5. The summed E-state index contributed by atoms with van der Waals surface area (Å²) in [6.45, 7) is 3.94. The number of anilines is 2. The molecule has 0 aliphatic carbocycles. The van der Waals surface area contributed by atoms with Crippen LogP contribution in [0.4, 0.5) is 10.8 Å². The Morgan fingerprint density at radius 1 is 1.23 bits per heavy atom. The van der Waals surface area contributed by atoms with Crippen molar-refractivity contribution in [3.8, 4) is 10.9 Å². The predicted octanol–water partition coefficient (Wildman–Crippen LogP) is 5.13. The van der Waals surface area contributed by atoms with Gasteiger partial charge in [-0.3, -0.25) is 9.36 Å². The number of ketones is 1. The third kappa shape index (κ3) is 4.40. The van der Waals surface area contributed by atoms with Crippen molar-refractivity contribution in [1.82, 2.24) is 19.7 Å². The zero-order valence-electron chi connectivity index (χ0n) is 16.6. The van der Waals surface area contributed by atoms with Gasteiger partial charge < -0.3 is 10.1 Å². The molecule has 0 fully saturated rings. The van der Waals surface area contributed by atoms with Gasteiger partial charge in [-0.25, -0.2) is 4.98 Å². The topological polar surface area (TPSA) is 81.9 Å². The van der Waals surface area contributed by atoms with E-state index in [9.17, 15) is 4.79 Å². The molecule has 0 radical (unpaired) electrons. The monoisotopic (exact) mass is 457 g/mol. The third-order valence-corrected chi connectivity index (χ3v) is 7.15. The average Bonchev–Trinajstić information content (AvgIpc) is 3.48. The van der Waals surface area contributed by atoms with E-state index in [-0.39, 0.29) is 5.78 Å². The van der Waals surface area contributed by atoms with Crippen molar-refractivity contribution in [2.24, 2.45) is 0 Å². The van der Waals surface area contributed by atoms with E-state index in [0.29, 0.717) is 10.9 Å². The molecule has 4 rings (SSSR count). The predicted molar refractivity (Wildman–Crippen MR) is 122 cm³/mol. The lowest BCUT2D eigenvalue weighted by molar-refractivity contribution is 0.102. The smallest absolute Gasteiger partial charge is 0.210 e. The fourth-order valence-electron chi connectivity index (χ4n) is 2.99. The van der Waals surface area contributed by atoms with Crippen LogP contribution in [0.2, 0.25) is 0 Å². The number of benzene rings is 1. The maximum Gasteiger partial charge on any atom is 0.210 e. The molecule has 1 aromatic carbocycles. The van der Waals surface area contributed by atoms with Crippen LogP contribution >= 0.6 is 34.4 Å². The van der Waals surface area contributed by atoms with Crippen LogP contribution in [0, 0.1) is 13.8 Å². The van der Waals surface area contributed by atoms with E-state index in [2.05, 4.69) is 20.5 Å². The van der Waals surface area contributed by atoms with Gasteiger partial charge in [0.2, 0.25) is 5.13 Å². The molecule has 0 saturated heterocycles. The average molecular weight is 458 g/mol. The quantitative estimate of drug-likeness (QED) is 0.290. The van der Waals surface area contributed by atoms with Gasteiger partial charge in [0.25, 0.3) is 0 Å². The van der Waals surface area contributed by atoms with Gasteiger partial charge in [0, 0.05) is 34.2 Å². The summed E-state index contributed by atoms with van der Waals surface area (Å²) in [5.74, 6) is 1.16. The summed E-state index contributed by atoms with van der Waals surface area (Å²) in [4.78, 5) is 17.2. The molecule has 1 N–H and O–H groups in total. The molecule has 0 spiro atoms. The number of hydrogen-bond acceptors (Lipinski definition) is 9. The van der Waals surface area contributed by atoms with Crippen LogP contribution in [-0.2, 0) is 0 Å². The van der Waals surface area contributed by atoms with E-state index < -0.39 is 0 Å². The number of aromatic nitrogens is 4. The zero-order chi connectivity index (χ0) is 21.1. The van der Waals surface area contributed by atoms with Gasteiger partial charge in [0.1, 0.15) is 5.75 Å². The van der Waals surface area contributed by atoms with Gasteiger partial charge in [-0.1, -0.05) is 23.1 Å². The second kappa shape index (κ2) is 8.99. The Kier molecular flexibility index (Phi) is 6.16. The van der Waals surface area contributed by atoms with Crippen LogP contribution in [0.3, 0.4) is 0 Å². The van der Waals surface area contributed by atoms with Crippen LogP contribution in [0.15, 0.2) is 46.2 Å². The SMILES string of the molecule is COc1ccc(Nc2nnc(SCC(=O)c3cc(C)n(-c4nccs4)c3C)s2)cc1.